The van der Waals surface area contributed by atoms with Crippen LogP contribution in [0.15, 0.2) is 58.9 Å². The molecule has 198 valence electrons. The van der Waals surface area contributed by atoms with E-state index in [1.54, 1.807) is 37.3 Å². The molecule has 2 heterocycles. The van der Waals surface area contributed by atoms with Crippen LogP contribution in [-0.2, 0) is 27.5 Å². The molecule has 0 bridgehead atoms. The first-order valence-corrected chi connectivity index (χ1v) is 13.3. The zero-order valence-electron chi connectivity index (χ0n) is 19.2. The normalized spacial score (nSPS) is 11.7. The molecular formula is C22H21ClF3N5O4S2. The van der Waals surface area contributed by atoms with Gasteiger partial charge in [0.1, 0.15) is 10.0 Å². The third kappa shape index (κ3) is 7.89. The molecule has 0 fully saturated rings. The predicted molar refractivity (Wildman–Crippen MR) is 132 cm³/mol. The van der Waals surface area contributed by atoms with E-state index in [2.05, 4.69) is 20.4 Å². The number of pyridine rings is 1. The summed E-state index contributed by atoms with van der Waals surface area (Å²) in [7, 11) is -4.04. The number of alkyl halides is 3. The first-order chi connectivity index (χ1) is 17.4. The molecular weight excluding hydrogens is 555 g/mol. The Labute approximate surface area is 219 Å². The van der Waals surface area contributed by atoms with Crippen LogP contribution in [0.2, 0.25) is 5.02 Å². The highest BCUT2D eigenvalue weighted by Gasteiger charge is 2.30. The second-order valence-electron chi connectivity index (χ2n) is 7.41. The van der Waals surface area contributed by atoms with Crippen LogP contribution >= 0.6 is 22.9 Å². The Morgan fingerprint density at radius 3 is 2.38 bits per heavy atom. The Bertz CT molecular complexity index is 1350. The highest BCUT2D eigenvalue weighted by molar-refractivity contribution is 7.91. The number of hydrogen-bond donors (Lipinski definition) is 3. The third-order valence-electron chi connectivity index (χ3n) is 4.80. The summed E-state index contributed by atoms with van der Waals surface area (Å²) in [5.74, 6) is -1.05. The Kier molecular flexibility index (Phi) is 9.12. The minimum atomic E-state index is -4.55. The molecule has 3 N–H and O–H groups in total. The van der Waals surface area contributed by atoms with Gasteiger partial charge in [-0.2, -0.15) is 13.2 Å². The number of thiophene rings is 1. The van der Waals surface area contributed by atoms with E-state index in [1.807, 2.05) is 0 Å². The van der Waals surface area contributed by atoms with Crippen molar-refractivity contribution in [2.24, 2.45) is 0 Å². The van der Waals surface area contributed by atoms with Crippen LogP contribution in [0.1, 0.15) is 27.7 Å². The van der Waals surface area contributed by atoms with Crippen LogP contribution in [0.4, 0.5) is 19.0 Å². The molecule has 3 rings (SSSR count). The number of rotatable bonds is 10. The topological polar surface area (TPSA) is 120 Å². The molecule has 0 saturated carbocycles. The van der Waals surface area contributed by atoms with Gasteiger partial charge in [0, 0.05) is 28.2 Å². The van der Waals surface area contributed by atoms with E-state index < -0.39 is 34.2 Å². The average Bonchev–Trinajstić information content (AvgIpc) is 3.35. The molecule has 3 aromatic rings. The third-order valence-corrected chi connectivity index (χ3v) is 8.03. The zero-order valence-corrected chi connectivity index (χ0v) is 21.6. The van der Waals surface area contributed by atoms with Crippen molar-refractivity contribution in [2.45, 2.75) is 23.9 Å². The number of amides is 2. The van der Waals surface area contributed by atoms with Gasteiger partial charge in [-0.15, -0.1) is 11.3 Å². The SMILES string of the molecule is CCN(Nc1ccc(C(F)(F)F)cn1)C(=O)CNS(=O)(=O)c1ccc(CNC(=O)c2ccc(Cl)cc2)s1. The minimum absolute atomic E-state index is 0.0189. The van der Waals surface area contributed by atoms with Crippen LogP contribution in [0.25, 0.3) is 0 Å². The summed E-state index contributed by atoms with van der Waals surface area (Å²) in [6.07, 6.45) is -3.93. The fraction of sp³-hybridized carbons (Fsp3) is 0.227. The van der Waals surface area contributed by atoms with E-state index in [9.17, 15) is 31.2 Å². The molecule has 0 unspecified atom stereocenters. The number of carbonyl (C=O) groups excluding carboxylic acids is 2. The molecule has 37 heavy (non-hydrogen) atoms. The van der Waals surface area contributed by atoms with E-state index in [0.29, 0.717) is 21.7 Å². The van der Waals surface area contributed by atoms with Gasteiger partial charge < -0.3 is 5.32 Å². The Hall–Kier alpha value is -3.20. The number of halogens is 4. The molecule has 0 atom stereocenters. The largest absolute Gasteiger partial charge is 0.417 e. The van der Waals surface area contributed by atoms with Crippen LogP contribution < -0.4 is 15.5 Å². The number of hydrogen-bond acceptors (Lipinski definition) is 7. The molecule has 0 radical (unpaired) electrons. The zero-order chi connectivity index (χ0) is 27.2. The van der Waals surface area contributed by atoms with Gasteiger partial charge in [0.05, 0.1) is 18.7 Å². The van der Waals surface area contributed by atoms with Gasteiger partial charge >= 0.3 is 6.18 Å². The summed E-state index contributed by atoms with van der Waals surface area (Å²) in [5, 5.41) is 4.19. The van der Waals surface area contributed by atoms with Gasteiger partial charge in [-0.3, -0.25) is 20.0 Å². The smallest absolute Gasteiger partial charge is 0.347 e. The molecule has 0 spiro atoms. The highest BCUT2D eigenvalue weighted by atomic mass is 35.5. The number of likely N-dealkylation sites (N-methyl/N-ethyl adjacent to an activating group) is 1. The van der Waals surface area contributed by atoms with Gasteiger partial charge in [0.25, 0.3) is 21.8 Å². The molecule has 2 aromatic heterocycles. The molecule has 1 aromatic carbocycles. The highest BCUT2D eigenvalue weighted by Crippen LogP contribution is 2.29. The first-order valence-electron chi connectivity index (χ1n) is 10.6. The van der Waals surface area contributed by atoms with Gasteiger partial charge in [-0.1, -0.05) is 11.6 Å². The Morgan fingerprint density at radius 2 is 1.78 bits per heavy atom. The molecule has 0 aliphatic rings. The fourth-order valence-electron chi connectivity index (χ4n) is 2.88. The quantitative estimate of drug-likeness (QED) is 0.315. The van der Waals surface area contributed by atoms with E-state index in [0.717, 1.165) is 28.5 Å². The molecule has 0 aliphatic heterocycles. The van der Waals surface area contributed by atoms with E-state index in [4.69, 9.17) is 11.6 Å². The van der Waals surface area contributed by atoms with Crippen molar-refractivity contribution < 1.29 is 31.2 Å². The van der Waals surface area contributed by atoms with Crippen LogP contribution in [0, 0.1) is 0 Å². The number of sulfonamides is 1. The number of aromatic nitrogens is 1. The summed E-state index contributed by atoms with van der Waals surface area (Å²) in [6, 6.07) is 11.0. The van der Waals surface area contributed by atoms with Crippen molar-refractivity contribution in [3.8, 4) is 0 Å². The van der Waals surface area contributed by atoms with Crippen LogP contribution in [-0.4, -0.2) is 43.3 Å². The fourth-order valence-corrected chi connectivity index (χ4v) is 5.32. The number of carbonyl (C=O) groups is 2. The molecule has 15 heteroatoms. The van der Waals surface area contributed by atoms with Crippen molar-refractivity contribution in [3.63, 3.8) is 0 Å². The van der Waals surface area contributed by atoms with Gasteiger partial charge in [0.2, 0.25) is 0 Å². The summed E-state index contributed by atoms with van der Waals surface area (Å²) in [6.45, 7) is 1.16. The Balaban J connectivity index is 1.54. The minimum Gasteiger partial charge on any atom is -0.347 e. The van der Waals surface area contributed by atoms with Crippen LogP contribution in [0.5, 0.6) is 0 Å². The average molecular weight is 576 g/mol. The second-order valence-corrected chi connectivity index (χ2v) is 11.0. The van der Waals surface area contributed by atoms with Crippen molar-refractivity contribution in [3.05, 3.63) is 75.8 Å². The predicted octanol–water partition coefficient (Wildman–Crippen LogP) is 3.90. The summed E-state index contributed by atoms with van der Waals surface area (Å²) in [4.78, 5) is 28.9. The molecule has 2 amide bonds. The molecule has 0 aliphatic carbocycles. The second kappa shape index (κ2) is 11.9. The Morgan fingerprint density at radius 1 is 1.08 bits per heavy atom. The summed E-state index contributed by atoms with van der Waals surface area (Å²) in [5.41, 5.74) is 2.01. The number of benzene rings is 1. The lowest BCUT2D eigenvalue weighted by Crippen LogP contribution is -2.43. The molecule has 9 nitrogen and oxygen atoms in total. The molecule has 0 saturated heterocycles. The van der Waals surface area contributed by atoms with E-state index >= 15 is 0 Å². The maximum absolute atomic E-state index is 12.7. The van der Waals surface area contributed by atoms with E-state index in [1.165, 1.54) is 6.07 Å². The standard InChI is InChI=1S/C22H21ClF3N5O4S2/c1-2-31(30-18-9-5-15(11-27-18)22(24,25)26)19(32)13-29-37(34,35)20-10-8-17(36-20)12-28-21(33)14-3-6-16(23)7-4-14/h3-11,29H,2,12-13H2,1H3,(H,27,30)(H,28,33). The van der Waals surface area contributed by atoms with Crippen molar-refractivity contribution in [1.82, 2.24) is 20.0 Å². The van der Waals surface area contributed by atoms with Gasteiger partial charge in [-0.25, -0.2) is 18.1 Å². The number of nitrogens with one attached hydrogen (secondary N) is 3. The van der Waals surface area contributed by atoms with Crippen molar-refractivity contribution in [1.29, 1.82) is 0 Å². The lowest BCUT2D eigenvalue weighted by atomic mass is 10.2. The van der Waals surface area contributed by atoms with Crippen LogP contribution in [0.3, 0.4) is 0 Å². The number of nitrogens with zero attached hydrogens (tertiary/aromatic N) is 2. The number of hydrazine groups is 1. The van der Waals surface area contributed by atoms with E-state index in [-0.39, 0.29) is 29.0 Å². The van der Waals surface area contributed by atoms with Gasteiger partial charge in [-0.05, 0) is 55.5 Å². The van der Waals surface area contributed by atoms with Crippen molar-refractivity contribution >= 4 is 50.6 Å². The monoisotopic (exact) mass is 575 g/mol. The number of anilines is 1. The maximum Gasteiger partial charge on any atom is 0.417 e. The first kappa shape index (κ1) is 28.4. The van der Waals surface area contributed by atoms with Gasteiger partial charge in [0.15, 0.2) is 0 Å². The maximum atomic E-state index is 12.7. The lowest BCUT2D eigenvalue weighted by molar-refractivity contribution is -0.137. The summed E-state index contributed by atoms with van der Waals surface area (Å²) < 4.78 is 65.4. The lowest BCUT2D eigenvalue weighted by Gasteiger charge is -2.22. The van der Waals surface area contributed by atoms with Crippen molar-refractivity contribution in [2.75, 3.05) is 18.5 Å². The summed E-state index contributed by atoms with van der Waals surface area (Å²) >= 11 is 6.73.